The standard InChI is InChI=1S/C16H24N2/c1-11(2)18-15(9-13(4)17-5)10-14-7-6-12(3)8-16(14)18/h6-8,10-11,13,17H,9H2,1-5H3. The van der Waals surface area contributed by atoms with Gasteiger partial charge in [0.2, 0.25) is 0 Å². The predicted molar refractivity (Wildman–Crippen MR) is 79.3 cm³/mol. The zero-order valence-electron chi connectivity index (χ0n) is 12.1. The first-order valence-corrected chi connectivity index (χ1v) is 6.80. The van der Waals surface area contributed by atoms with Crippen molar-refractivity contribution < 1.29 is 0 Å². The summed E-state index contributed by atoms with van der Waals surface area (Å²) in [6.07, 6.45) is 1.07. The lowest BCUT2D eigenvalue weighted by Crippen LogP contribution is -2.25. The number of aromatic nitrogens is 1. The molecule has 0 fully saturated rings. The molecule has 2 rings (SSSR count). The van der Waals surface area contributed by atoms with Gasteiger partial charge >= 0.3 is 0 Å². The monoisotopic (exact) mass is 244 g/mol. The lowest BCUT2D eigenvalue weighted by atomic mass is 10.1. The van der Waals surface area contributed by atoms with Crippen LogP contribution in [0, 0.1) is 6.92 Å². The zero-order valence-corrected chi connectivity index (χ0v) is 12.1. The van der Waals surface area contributed by atoms with Crippen LogP contribution in [-0.4, -0.2) is 17.7 Å². The molecule has 0 bridgehead atoms. The van der Waals surface area contributed by atoms with Crippen molar-refractivity contribution in [2.75, 3.05) is 7.05 Å². The van der Waals surface area contributed by atoms with Crippen LogP contribution in [0.2, 0.25) is 0 Å². The van der Waals surface area contributed by atoms with E-state index in [9.17, 15) is 0 Å². The number of nitrogens with zero attached hydrogens (tertiary/aromatic N) is 1. The molecule has 0 saturated heterocycles. The quantitative estimate of drug-likeness (QED) is 0.868. The summed E-state index contributed by atoms with van der Waals surface area (Å²) >= 11 is 0. The molecule has 0 aliphatic heterocycles. The Morgan fingerprint density at radius 1 is 1.17 bits per heavy atom. The third-order valence-electron chi connectivity index (χ3n) is 3.60. The van der Waals surface area contributed by atoms with Crippen LogP contribution in [-0.2, 0) is 6.42 Å². The Hall–Kier alpha value is -1.28. The van der Waals surface area contributed by atoms with Crippen molar-refractivity contribution in [3.05, 3.63) is 35.5 Å². The molecule has 1 unspecified atom stereocenters. The average molecular weight is 244 g/mol. The van der Waals surface area contributed by atoms with E-state index in [0.717, 1.165) is 6.42 Å². The first-order chi connectivity index (χ1) is 8.52. The van der Waals surface area contributed by atoms with E-state index in [2.05, 4.69) is 61.8 Å². The molecule has 0 radical (unpaired) electrons. The van der Waals surface area contributed by atoms with E-state index in [1.54, 1.807) is 0 Å². The molecule has 2 heteroatoms. The Bertz CT molecular complexity index is 537. The van der Waals surface area contributed by atoms with Gasteiger partial charge in [-0.05, 0) is 57.8 Å². The van der Waals surface area contributed by atoms with E-state index >= 15 is 0 Å². The third-order valence-corrected chi connectivity index (χ3v) is 3.60. The van der Waals surface area contributed by atoms with Crippen LogP contribution in [0.1, 0.15) is 38.1 Å². The molecule has 0 saturated carbocycles. The topological polar surface area (TPSA) is 17.0 Å². The van der Waals surface area contributed by atoms with Crippen LogP contribution in [0.15, 0.2) is 24.3 Å². The van der Waals surface area contributed by atoms with Crippen LogP contribution < -0.4 is 5.32 Å². The van der Waals surface area contributed by atoms with Crippen LogP contribution in [0.4, 0.5) is 0 Å². The van der Waals surface area contributed by atoms with Crippen molar-refractivity contribution in [3.63, 3.8) is 0 Å². The van der Waals surface area contributed by atoms with Crippen molar-refractivity contribution in [2.45, 2.75) is 46.2 Å². The predicted octanol–water partition coefficient (Wildman–Crippen LogP) is 3.68. The summed E-state index contributed by atoms with van der Waals surface area (Å²) in [5, 5.41) is 4.68. The normalized spacial score (nSPS) is 13.4. The second kappa shape index (κ2) is 5.15. The van der Waals surface area contributed by atoms with Gasteiger partial charge in [0.1, 0.15) is 0 Å². The highest BCUT2D eigenvalue weighted by atomic mass is 15.0. The maximum atomic E-state index is 3.32. The minimum Gasteiger partial charge on any atom is -0.342 e. The number of aryl methyl sites for hydroxylation is 1. The Balaban J connectivity index is 2.55. The Morgan fingerprint density at radius 3 is 2.50 bits per heavy atom. The molecule has 2 aromatic rings. The Kier molecular flexibility index (Phi) is 3.76. The van der Waals surface area contributed by atoms with Crippen LogP contribution >= 0.6 is 0 Å². The van der Waals surface area contributed by atoms with E-state index in [0.29, 0.717) is 12.1 Å². The van der Waals surface area contributed by atoms with Gasteiger partial charge in [0.25, 0.3) is 0 Å². The number of hydrogen-bond acceptors (Lipinski definition) is 1. The molecule has 1 atom stereocenters. The molecule has 98 valence electrons. The maximum absolute atomic E-state index is 3.32. The van der Waals surface area contributed by atoms with Gasteiger partial charge < -0.3 is 9.88 Å². The molecular formula is C16H24N2. The summed E-state index contributed by atoms with van der Waals surface area (Å²) in [4.78, 5) is 0. The molecular weight excluding hydrogens is 220 g/mol. The molecule has 0 amide bonds. The molecule has 2 nitrogen and oxygen atoms in total. The van der Waals surface area contributed by atoms with Crippen molar-refractivity contribution in [1.29, 1.82) is 0 Å². The van der Waals surface area contributed by atoms with Crippen LogP contribution in [0.5, 0.6) is 0 Å². The van der Waals surface area contributed by atoms with E-state index in [4.69, 9.17) is 0 Å². The fraction of sp³-hybridized carbons (Fsp3) is 0.500. The maximum Gasteiger partial charge on any atom is 0.0487 e. The van der Waals surface area contributed by atoms with E-state index < -0.39 is 0 Å². The van der Waals surface area contributed by atoms with Crippen LogP contribution in [0.25, 0.3) is 10.9 Å². The smallest absolute Gasteiger partial charge is 0.0487 e. The van der Waals surface area contributed by atoms with Gasteiger partial charge in [-0.15, -0.1) is 0 Å². The number of benzene rings is 1. The summed E-state index contributed by atoms with van der Waals surface area (Å²) in [5.41, 5.74) is 4.12. The van der Waals surface area contributed by atoms with Crippen LogP contribution in [0.3, 0.4) is 0 Å². The minimum absolute atomic E-state index is 0.503. The van der Waals surface area contributed by atoms with E-state index in [1.165, 1.54) is 22.2 Å². The van der Waals surface area contributed by atoms with Crippen molar-refractivity contribution >= 4 is 10.9 Å². The van der Waals surface area contributed by atoms with E-state index in [1.807, 2.05) is 7.05 Å². The lowest BCUT2D eigenvalue weighted by Gasteiger charge is -2.17. The molecule has 0 aliphatic rings. The van der Waals surface area contributed by atoms with Gasteiger partial charge in [0, 0.05) is 29.7 Å². The zero-order chi connectivity index (χ0) is 13.3. The Labute approximate surface area is 110 Å². The molecule has 18 heavy (non-hydrogen) atoms. The highest BCUT2D eigenvalue weighted by Crippen LogP contribution is 2.26. The Morgan fingerprint density at radius 2 is 1.89 bits per heavy atom. The highest BCUT2D eigenvalue weighted by molar-refractivity contribution is 5.82. The molecule has 1 aromatic heterocycles. The first-order valence-electron chi connectivity index (χ1n) is 6.80. The summed E-state index contributed by atoms with van der Waals surface area (Å²) in [6.45, 7) is 8.91. The van der Waals surface area contributed by atoms with E-state index in [-0.39, 0.29) is 0 Å². The number of fused-ring (bicyclic) bond motifs is 1. The number of likely N-dealkylation sites (N-methyl/N-ethyl adjacent to an activating group) is 1. The second-order valence-electron chi connectivity index (χ2n) is 5.56. The van der Waals surface area contributed by atoms with Crippen molar-refractivity contribution in [1.82, 2.24) is 9.88 Å². The van der Waals surface area contributed by atoms with Crippen molar-refractivity contribution in [2.24, 2.45) is 0 Å². The van der Waals surface area contributed by atoms with Gasteiger partial charge in [-0.25, -0.2) is 0 Å². The first kappa shape index (κ1) is 13.2. The minimum atomic E-state index is 0.503. The number of nitrogens with one attached hydrogen (secondary N) is 1. The summed E-state index contributed by atoms with van der Waals surface area (Å²) < 4.78 is 2.47. The highest BCUT2D eigenvalue weighted by Gasteiger charge is 2.13. The molecule has 1 heterocycles. The lowest BCUT2D eigenvalue weighted by molar-refractivity contribution is 0.545. The fourth-order valence-electron chi connectivity index (χ4n) is 2.57. The average Bonchev–Trinajstić information content (AvgIpc) is 2.65. The third kappa shape index (κ3) is 2.44. The fourth-order valence-corrected chi connectivity index (χ4v) is 2.57. The van der Waals surface area contributed by atoms with Gasteiger partial charge in [-0.2, -0.15) is 0 Å². The second-order valence-corrected chi connectivity index (χ2v) is 5.56. The molecule has 1 aromatic carbocycles. The van der Waals surface area contributed by atoms with Gasteiger partial charge in [0.05, 0.1) is 0 Å². The summed E-state index contributed by atoms with van der Waals surface area (Å²) in [6, 6.07) is 10.1. The summed E-state index contributed by atoms with van der Waals surface area (Å²) in [7, 11) is 2.02. The summed E-state index contributed by atoms with van der Waals surface area (Å²) in [5.74, 6) is 0. The molecule has 0 aliphatic carbocycles. The number of hydrogen-bond donors (Lipinski definition) is 1. The van der Waals surface area contributed by atoms with Gasteiger partial charge in [0.15, 0.2) is 0 Å². The SMILES string of the molecule is CNC(C)Cc1cc2ccc(C)cc2n1C(C)C. The van der Waals surface area contributed by atoms with Gasteiger partial charge in [-0.1, -0.05) is 12.1 Å². The molecule has 1 N–H and O–H groups in total. The number of rotatable bonds is 4. The molecule has 0 spiro atoms. The largest absolute Gasteiger partial charge is 0.342 e. The van der Waals surface area contributed by atoms with Gasteiger partial charge in [-0.3, -0.25) is 0 Å². The van der Waals surface area contributed by atoms with Crippen molar-refractivity contribution in [3.8, 4) is 0 Å².